The zero-order valence-electron chi connectivity index (χ0n) is 12.1. The summed E-state index contributed by atoms with van der Waals surface area (Å²) in [4.78, 5) is 12.3. The summed E-state index contributed by atoms with van der Waals surface area (Å²) in [5.41, 5.74) is 1.66. The number of halogens is 1. The minimum absolute atomic E-state index is 0.0411. The summed E-state index contributed by atoms with van der Waals surface area (Å²) in [6, 6.07) is 12.8. The summed E-state index contributed by atoms with van der Waals surface area (Å²) >= 11 is 5.90. The predicted octanol–water partition coefficient (Wildman–Crippen LogP) is 4.17. The average Bonchev–Trinajstić information content (AvgIpc) is 2.52. The Morgan fingerprint density at radius 1 is 1.05 bits per heavy atom. The van der Waals surface area contributed by atoms with Crippen LogP contribution >= 0.6 is 11.6 Å². The first-order valence-corrected chi connectivity index (χ1v) is 7.01. The summed E-state index contributed by atoms with van der Waals surface area (Å²) in [5, 5.41) is 0.554. The van der Waals surface area contributed by atoms with E-state index in [0.29, 0.717) is 29.2 Å². The van der Waals surface area contributed by atoms with Crippen LogP contribution < -0.4 is 9.47 Å². The Labute approximate surface area is 129 Å². The molecule has 0 spiro atoms. The van der Waals surface area contributed by atoms with Crippen molar-refractivity contribution in [3.8, 4) is 11.5 Å². The van der Waals surface area contributed by atoms with Crippen LogP contribution in [0, 0.1) is 0 Å². The Kier molecular flexibility index (Phi) is 5.23. The molecule has 0 aliphatic rings. The third-order valence-corrected chi connectivity index (χ3v) is 3.50. The summed E-state index contributed by atoms with van der Waals surface area (Å²) < 4.78 is 10.3. The molecule has 21 heavy (non-hydrogen) atoms. The van der Waals surface area contributed by atoms with Gasteiger partial charge in [-0.15, -0.1) is 0 Å². The van der Waals surface area contributed by atoms with Crippen molar-refractivity contribution in [1.82, 2.24) is 0 Å². The third-order valence-electron chi connectivity index (χ3n) is 3.26. The zero-order chi connectivity index (χ0) is 15.2. The number of aryl methyl sites for hydroxylation is 1. The number of hydrogen-bond acceptors (Lipinski definition) is 3. The van der Waals surface area contributed by atoms with E-state index in [1.54, 1.807) is 25.3 Å². The molecule has 0 heterocycles. The predicted molar refractivity (Wildman–Crippen MR) is 83.6 cm³/mol. The number of carbonyl (C=O) groups excluding carboxylic acids is 1. The fourth-order valence-corrected chi connectivity index (χ4v) is 2.24. The molecule has 0 atom stereocenters. The van der Waals surface area contributed by atoms with Gasteiger partial charge in [0, 0.05) is 11.4 Å². The molecule has 0 saturated carbocycles. The summed E-state index contributed by atoms with van der Waals surface area (Å²) in [5.74, 6) is 1.37. The molecule has 2 aromatic rings. The topological polar surface area (TPSA) is 35.5 Å². The zero-order valence-corrected chi connectivity index (χ0v) is 12.8. The third kappa shape index (κ3) is 3.99. The second kappa shape index (κ2) is 7.14. The number of carbonyl (C=O) groups is 1. The fourth-order valence-electron chi connectivity index (χ4n) is 2.08. The highest BCUT2D eigenvalue weighted by atomic mass is 35.5. The molecule has 0 aliphatic carbocycles. The Balaban J connectivity index is 2.04. The first kappa shape index (κ1) is 15.4. The number of benzene rings is 2. The van der Waals surface area contributed by atoms with E-state index >= 15 is 0 Å². The average molecular weight is 305 g/mol. The van der Waals surface area contributed by atoms with Crippen LogP contribution in [0.1, 0.15) is 22.3 Å². The Morgan fingerprint density at radius 3 is 2.38 bits per heavy atom. The van der Waals surface area contributed by atoms with Gasteiger partial charge in [0.1, 0.15) is 11.5 Å². The van der Waals surface area contributed by atoms with E-state index in [-0.39, 0.29) is 5.78 Å². The summed E-state index contributed by atoms with van der Waals surface area (Å²) in [6.45, 7) is 0. The number of methoxy groups -OCH3 is 2. The molecular formula is C17H17ClO3. The number of ether oxygens (including phenoxy) is 2. The van der Waals surface area contributed by atoms with Crippen LogP contribution in [0.3, 0.4) is 0 Å². The van der Waals surface area contributed by atoms with Crippen LogP contribution in [0.15, 0.2) is 42.5 Å². The van der Waals surface area contributed by atoms with Gasteiger partial charge in [0.15, 0.2) is 5.78 Å². The molecular weight excluding hydrogens is 288 g/mol. The lowest BCUT2D eigenvalue weighted by Gasteiger charge is -2.08. The fraction of sp³-hybridized carbons (Fsp3) is 0.235. The molecule has 0 aromatic heterocycles. The van der Waals surface area contributed by atoms with E-state index in [2.05, 4.69) is 0 Å². The maximum atomic E-state index is 12.3. The van der Waals surface area contributed by atoms with Gasteiger partial charge in [0.2, 0.25) is 0 Å². The van der Waals surface area contributed by atoms with Crippen LogP contribution in [0.2, 0.25) is 5.02 Å². The number of ketones is 1. The maximum Gasteiger partial charge on any atom is 0.166 e. The molecule has 110 valence electrons. The molecule has 0 radical (unpaired) electrons. The lowest BCUT2D eigenvalue weighted by Crippen LogP contribution is -2.04. The normalized spacial score (nSPS) is 10.2. The van der Waals surface area contributed by atoms with Crippen molar-refractivity contribution in [3.05, 3.63) is 58.6 Å². The molecule has 0 N–H and O–H groups in total. The van der Waals surface area contributed by atoms with E-state index in [9.17, 15) is 4.79 Å². The minimum atomic E-state index is 0.0411. The van der Waals surface area contributed by atoms with Crippen molar-refractivity contribution >= 4 is 17.4 Å². The lowest BCUT2D eigenvalue weighted by atomic mass is 10.0. The van der Waals surface area contributed by atoms with Gasteiger partial charge in [-0.1, -0.05) is 23.7 Å². The van der Waals surface area contributed by atoms with Gasteiger partial charge in [0.25, 0.3) is 0 Å². The Bertz CT molecular complexity index is 620. The van der Waals surface area contributed by atoms with Crippen molar-refractivity contribution in [2.75, 3.05) is 14.2 Å². The minimum Gasteiger partial charge on any atom is -0.497 e. The van der Waals surface area contributed by atoms with Gasteiger partial charge in [-0.3, -0.25) is 4.79 Å². The van der Waals surface area contributed by atoms with Crippen LogP contribution in [0.25, 0.3) is 0 Å². The first-order valence-electron chi connectivity index (χ1n) is 6.63. The van der Waals surface area contributed by atoms with Gasteiger partial charge in [0.05, 0.1) is 19.8 Å². The van der Waals surface area contributed by atoms with Gasteiger partial charge >= 0.3 is 0 Å². The molecule has 0 saturated heterocycles. The first-order chi connectivity index (χ1) is 10.1. The molecule has 0 amide bonds. The molecule has 4 heteroatoms. The smallest absolute Gasteiger partial charge is 0.166 e. The summed E-state index contributed by atoms with van der Waals surface area (Å²) in [7, 11) is 3.16. The second-order valence-electron chi connectivity index (χ2n) is 4.62. The van der Waals surface area contributed by atoms with Gasteiger partial charge in [-0.25, -0.2) is 0 Å². The Morgan fingerprint density at radius 2 is 1.76 bits per heavy atom. The van der Waals surface area contributed by atoms with Gasteiger partial charge < -0.3 is 9.47 Å². The van der Waals surface area contributed by atoms with E-state index < -0.39 is 0 Å². The second-order valence-corrected chi connectivity index (χ2v) is 5.05. The number of rotatable bonds is 6. The standard InChI is InChI=1S/C17H17ClO3/c1-20-14-7-3-12(4-8-14)5-10-16(19)15-9-6-13(18)11-17(15)21-2/h3-4,6-9,11H,5,10H2,1-2H3. The van der Waals surface area contributed by atoms with E-state index in [4.69, 9.17) is 21.1 Å². The number of Topliss-reactive ketones (excluding diaryl/α,β-unsaturated/α-hetero) is 1. The van der Waals surface area contributed by atoms with Crippen molar-refractivity contribution < 1.29 is 14.3 Å². The summed E-state index contributed by atoms with van der Waals surface area (Å²) in [6.07, 6.45) is 1.10. The largest absolute Gasteiger partial charge is 0.497 e. The molecule has 0 aliphatic heterocycles. The molecule has 2 rings (SSSR count). The highest BCUT2D eigenvalue weighted by molar-refractivity contribution is 6.30. The SMILES string of the molecule is COc1ccc(CCC(=O)c2ccc(Cl)cc2OC)cc1. The quantitative estimate of drug-likeness (QED) is 0.751. The molecule has 0 fully saturated rings. The van der Waals surface area contributed by atoms with Crippen molar-refractivity contribution in [2.45, 2.75) is 12.8 Å². The van der Waals surface area contributed by atoms with Crippen LogP contribution in [0.5, 0.6) is 11.5 Å². The van der Waals surface area contributed by atoms with Crippen molar-refractivity contribution in [2.24, 2.45) is 0 Å². The maximum absolute atomic E-state index is 12.3. The van der Waals surface area contributed by atoms with E-state index in [1.807, 2.05) is 24.3 Å². The Hall–Kier alpha value is -2.00. The highest BCUT2D eigenvalue weighted by Gasteiger charge is 2.12. The van der Waals surface area contributed by atoms with Crippen molar-refractivity contribution in [3.63, 3.8) is 0 Å². The molecule has 0 unspecified atom stereocenters. The van der Waals surface area contributed by atoms with Gasteiger partial charge in [-0.05, 0) is 42.3 Å². The lowest BCUT2D eigenvalue weighted by molar-refractivity contribution is 0.0980. The van der Waals surface area contributed by atoms with Crippen molar-refractivity contribution in [1.29, 1.82) is 0 Å². The van der Waals surface area contributed by atoms with E-state index in [0.717, 1.165) is 11.3 Å². The molecule has 2 aromatic carbocycles. The molecule has 3 nitrogen and oxygen atoms in total. The van der Waals surface area contributed by atoms with Gasteiger partial charge in [-0.2, -0.15) is 0 Å². The number of hydrogen-bond donors (Lipinski definition) is 0. The molecule has 0 bridgehead atoms. The van der Waals surface area contributed by atoms with Crippen LogP contribution in [-0.4, -0.2) is 20.0 Å². The van der Waals surface area contributed by atoms with Crippen LogP contribution in [-0.2, 0) is 6.42 Å². The monoisotopic (exact) mass is 304 g/mol. The van der Waals surface area contributed by atoms with Crippen LogP contribution in [0.4, 0.5) is 0 Å². The van der Waals surface area contributed by atoms with E-state index in [1.165, 1.54) is 7.11 Å². The highest BCUT2D eigenvalue weighted by Crippen LogP contribution is 2.25.